The lowest BCUT2D eigenvalue weighted by atomic mass is 10.1. The van der Waals surface area contributed by atoms with E-state index in [-0.39, 0.29) is 20.7 Å². The summed E-state index contributed by atoms with van der Waals surface area (Å²) in [5, 5.41) is 1.63. The van der Waals surface area contributed by atoms with Crippen LogP contribution in [0.1, 0.15) is 21.5 Å². The van der Waals surface area contributed by atoms with E-state index in [1.54, 1.807) is 47.4 Å². The quantitative estimate of drug-likeness (QED) is 0.321. The number of hydrogen-bond acceptors (Lipinski definition) is 5. The number of carbonyl (C=O) groups is 3. The molecule has 5 rings (SSSR count). The zero-order valence-corrected chi connectivity index (χ0v) is 21.8. The van der Waals surface area contributed by atoms with Crippen LogP contribution in [0.25, 0.3) is 5.57 Å². The summed E-state index contributed by atoms with van der Waals surface area (Å²) in [5.74, 6) is -1.33. The SMILES string of the molecule is O=C(NN1C(=O)/C(=C2/C(=O)N(Cc3ccc(Cl)cc3)c3ccccc32)SC1=S)c1ccc(Br)cc1. The number of benzene rings is 3. The molecule has 2 heterocycles. The molecule has 1 saturated heterocycles. The van der Waals surface area contributed by atoms with E-state index in [1.807, 2.05) is 30.3 Å². The molecule has 1 fully saturated rings. The summed E-state index contributed by atoms with van der Waals surface area (Å²) in [5.41, 5.74) is 5.44. The predicted molar refractivity (Wildman–Crippen MR) is 145 cm³/mol. The molecule has 0 aromatic heterocycles. The fourth-order valence-corrected chi connectivity index (χ4v) is 5.45. The number of thiocarbonyl (C=S) groups is 1. The number of anilines is 1. The Morgan fingerprint density at radius 2 is 1.66 bits per heavy atom. The van der Waals surface area contributed by atoms with Gasteiger partial charge < -0.3 is 4.90 Å². The molecule has 35 heavy (non-hydrogen) atoms. The van der Waals surface area contributed by atoms with Gasteiger partial charge in [-0.25, -0.2) is 0 Å². The Kier molecular flexibility index (Phi) is 6.50. The third-order valence-corrected chi connectivity index (χ3v) is 7.65. The molecule has 0 atom stereocenters. The van der Waals surface area contributed by atoms with Gasteiger partial charge in [0.2, 0.25) is 0 Å². The number of thioether (sulfide) groups is 1. The lowest BCUT2D eigenvalue weighted by molar-refractivity contribution is -0.124. The van der Waals surface area contributed by atoms with Crippen molar-refractivity contribution in [3.63, 3.8) is 0 Å². The summed E-state index contributed by atoms with van der Waals surface area (Å²) in [6, 6.07) is 21.2. The highest BCUT2D eigenvalue weighted by Crippen LogP contribution is 2.44. The van der Waals surface area contributed by atoms with E-state index in [1.165, 1.54) is 0 Å². The molecule has 10 heteroatoms. The minimum atomic E-state index is -0.544. The van der Waals surface area contributed by atoms with Crippen LogP contribution in [0.3, 0.4) is 0 Å². The van der Waals surface area contributed by atoms with Crippen LogP contribution < -0.4 is 10.3 Å². The van der Waals surface area contributed by atoms with Crippen molar-refractivity contribution in [2.75, 3.05) is 4.90 Å². The van der Waals surface area contributed by atoms with Crippen molar-refractivity contribution in [2.24, 2.45) is 0 Å². The van der Waals surface area contributed by atoms with Crippen molar-refractivity contribution in [1.82, 2.24) is 10.4 Å². The first-order valence-corrected chi connectivity index (χ1v) is 12.8. The van der Waals surface area contributed by atoms with Crippen LogP contribution in [-0.4, -0.2) is 27.1 Å². The molecule has 0 spiro atoms. The van der Waals surface area contributed by atoms with Gasteiger partial charge in [-0.05, 0) is 60.2 Å². The zero-order chi connectivity index (χ0) is 24.7. The molecular weight excluding hydrogens is 570 g/mol. The van der Waals surface area contributed by atoms with Gasteiger partial charge in [0.1, 0.15) is 0 Å². The van der Waals surface area contributed by atoms with Gasteiger partial charge in [0.25, 0.3) is 17.7 Å². The van der Waals surface area contributed by atoms with Crippen LogP contribution in [0.2, 0.25) is 5.02 Å². The van der Waals surface area contributed by atoms with Crippen molar-refractivity contribution in [3.8, 4) is 0 Å². The Bertz CT molecular complexity index is 1420. The molecule has 3 aromatic carbocycles. The van der Waals surface area contributed by atoms with E-state index in [2.05, 4.69) is 21.4 Å². The van der Waals surface area contributed by atoms with Crippen molar-refractivity contribution in [2.45, 2.75) is 6.54 Å². The van der Waals surface area contributed by atoms with Gasteiger partial charge in [0.05, 0.1) is 22.7 Å². The van der Waals surface area contributed by atoms with E-state index in [0.717, 1.165) is 26.8 Å². The first kappa shape index (κ1) is 23.7. The average Bonchev–Trinajstić information content (AvgIpc) is 3.28. The summed E-state index contributed by atoms with van der Waals surface area (Å²) in [4.78, 5) is 41.4. The smallest absolute Gasteiger partial charge is 0.286 e. The molecule has 0 saturated carbocycles. The first-order chi connectivity index (χ1) is 16.8. The Labute approximate surface area is 224 Å². The molecule has 6 nitrogen and oxygen atoms in total. The normalized spacial score (nSPS) is 17.3. The maximum atomic E-state index is 13.6. The van der Waals surface area contributed by atoms with Gasteiger partial charge in [-0.1, -0.05) is 69.6 Å². The summed E-state index contributed by atoms with van der Waals surface area (Å²) in [6.07, 6.45) is 0. The largest absolute Gasteiger partial charge is 0.303 e. The molecule has 2 aliphatic rings. The molecule has 3 amide bonds. The fourth-order valence-electron chi connectivity index (χ4n) is 3.81. The Morgan fingerprint density at radius 3 is 2.37 bits per heavy atom. The molecule has 0 radical (unpaired) electrons. The second-order valence-corrected chi connectivity index (χ2v) is 10.7. The predicted octanol–water partition coefficient (Wildman–Crippen LogP) is 5.57. The molecule has 0 bridgehead atoms. The Hall–Kier alpha value is -2.98. The van der Waals surface area contributed by atoms with Crippen molar-refractivity contribution in [1.29, 1.82) is 0 Å². The Morgan fingerprint density at radius 1 is 0.971 bits per heavy atom. The highest BCUT2D eigenvalue weighted by molar-refractivity contribution is 9.10. The molecule has 3 aromatic rings. The molecule has 0 aliphatic carbocycles. The number of amides is 3. The van der Waals surface area contributed by atoms with Gasteiger partial charge in [0.15, 0.2) is 4.32 Å². The first-order valence-electron chi connectivity index (χ1n) is 10.4. The number of nitrogens with zero attached hydrogens (tertiary/aromatic N) is 2. The van der Waals surface area contributed by atoms with Gasteiger partial charge >= 0.3 is 0 Å². The average molecular weight is 585 g/mol. The summed E-state index contributed by atoms with van der Waals surface area (Å²) >= 11 is 15.7. The summed E-state index contributed by atoms with van der Waals surface area (Å²) in [7, 11) is 0. The standard InChI is InChI=1S/C25H15BrClN3O3S2/c26-16-9-7-15(8-10-16)22(31)28-30-24(33)21(35-25(30)34)20-18-3-1-2-4-19(18)29(23(20)32)13-14-5-11-17(27)12-6-14/h1-12H,13H2,(H,28,31)/b21-20-. The number of rotatable bonds is 4. The van der Waals surface area contributed by atoms with Crippen LogP contribution in [0.15, 0.2) is 82.2 Å². The molecular formula is C25H15BrClN3O3S2. The van der Waals surface area contributed by atoms with Crippen LogP contribution in [-0.2, 0) is 16.1 Å². The van der Waals surface area contributed by atoms with E-state index in [0.29, 0.717) is 28.4 Å². The van der Waals surface area contributed by atoms with E-state index in [4.69, 9.17) is 23.8 Å². The maximum absolute atomic E-state index is 13.6. The van der Waals surface area contributed by atoms with Crippen LogP contribution in [0, 0.1) is 0 Å². The van der Waals surface area contributed by atoms with Crippen molar-refractivity contribution >= 4 is 84.8 Å². The van der Waals surface area contributed by atoms with E-state index < -0.39 is 11.8 Å². The van der Waals surface area contributed by atoms with Crippen LogP contribution in [0.5, 0.6) is 0 Å². The number of hydrogen-bond donors (Lipinski definition) is 1. The minimum absolute atomic E-state index is 0.143. The number of carbonyl (C=O) groups excluding carboxylic acids is 3. The second kappa shape index (κ2) is 9.58. The van der Waals surface area contributed by atoms with Gasteiger partial charge in [0, 0.05) is 20.6 Å². The highest BCUT2D eigenvalue weighted by Gasteiger charge is 2.42. The lowest BCUT2D eigenvalue weighted by Crippen LogP contribution is -2.45. The van der Waals surface area contributed by atoms with Crippen LogP contribution in [0.4, 0.5) is 5.69 Å². The minimum Gasteiger partial charge on any atom is -0.303 e. The molecule has 2 aliphatic heterocycles. The van der Waals surface area contributed by atoms with E-state index in [9.17, 15) is 14.4 Å². The highest BCUT2D eigenvalue weighted by atomic mass is 79.9. The van der Waals surface area contributed by atoms with E-state index >= 15 is 0 Å². The Balaban J connectivity index is 1.46. The number of halogens is 2. The van der Waals surface area contributed by atoms with Crippen LogP contribution >= 0.6 is 51.5 Å². The molecule has 174 valence electrons. The third-order valence-electron chi connectivity index (χ3n) is 5.49. The maximum Gasteiger partial charge on any atom is 0.286 e. The fraction of sp³-hybridized carbons (Fsp3) is 0.0400. The van der Waals surface area contributed by atoms with Gasteiger partial charge in [-0.2, -0.15) is 5.01 Å². The summed E-state index contributed by atoms with van der Waals surface area (Å²) < 4.78 is 0.968. The third kappa shape index (κ3) is 4.52. The number of hydrazine groups is 1. The van der Waals surface area contributed by atoms with Crippen molar-refractivity contribution < 1.29 is 14.4 Å². The monoisotopic (exact) mass is 583 g/mol. The number of nitrogens with one attached hydrogen (secondary N) is 1. The van der Waals surface area contributed by atoms with Gasteiger partial charge in [-0.15, -0.1) is 0 Å². The number of fused-ring (bicyclic) bond motifs is 1. The van der Waals surface area contributed by atoms with Gasteiger partial charge in [-0.3, -0.25) is 19.8 Å². The number of para-hydroxylation sites is 1. The van der Waals surface area contributed by atoms with Crippen molar-refractivity contribution in [3.05, 3.63) is 104 Å². The molecule has 0 unspecified atom stereocenters. The lowest BCUT2D eigenvalue weighted by Gasteiger charge is -2.17. The zero-order valence-electron chi connectivity index (χ0n) is 17.8. The topological polar surface area (TPSA) is 69.7 Å². The second-order valence-electron chi connectivity index (χ2n) is 7.70. The molecule has 1 N–H and O–H groups in total. The summed E-state index contributed by atoms with van der Waals surface area (Å²) in [6.45, 7) is 0.317.